The average Bonchev–Trinajstić information content (AvgIpc) is 2.95. The first-order valence-corrected chi connectivity index (χ1v) is 9.24. The van der Waals surface area contributed by atoms with Gasteiger partial charge >= 0.3 is 0 Å². The second kappa shape index (κ2) is 6.55. The maximum Gasteiger partial charge on any atom is 0.248 e. The molecule has 0 atom stereocenters. The zero-order valence-electron chi connectivity index (χ0n) is 13.3. The van der Waals surface area contributed by atoms with Crippen LogP contribution < -0.4 is 19.7 Å². The van der Waals surface area contributed by atoms with Gasteiger partial charge in [-0.05, 0) is 42.5 Å². The van der Waals surface area contributed by atoms with Crippen molar-refractivity contribution >= 4 is 38.9 Å². The first kappa shape index (κ1) is 17.5. The summed E-state index contributed by atoms with van der Waals surface area (Å²) in [6, 6.07) is 11.4. The van der Waals surface area contributed by atoms with Gasteiger partial charge in [-0.2, -0.15) is 0 Å². The highest BCUT2D eigenvalue weighted by molar-refractivity contribution is 7.89. The molecule has 7 nitrogen and oxygen atoms in total. The van der Waals surface area contributed by atoms with Crippen molar-refractivity contribution in [2.75, 3.05) is 30.1 Å². The SMILES string of the molecule is COc1ccc(N2CC(=O)N(c3ccc(S(N)(=O)=O)cc3Cl)C2)cc1. The van der Waals surface area contributed by atoms with E-state index >= 15 is 0 Å². The van der Waals surface area contributed by atoms with Gasteiger partial charge in [-0.25, -0.2) is 13.6 Å². The number of nitrogens with zero attached hydrogens (tertiary/aromatic N) is 2. The Bertz CT molecular complexity index is 915. The molecule has 132 valence electrons. The van der Waals surface area contributed by atoms with Gasteiger partial charge in [0.05, 0.1) is 35.9 Å². The highest BCUT2D eigenvalue weighted by Gasteiger charge is 2.30. The van der Waals surface area contributed by atoms with E-state index in [1.807, 2.05) is 29.2 Å². The zero-order chi connectivity index (χ0) is 18.2. The summed E-state index contributed by atoms with van der Waals surface area (Å²) in [5, 5.41) is 5.24. The second-order valence-electron chi connectivity index (χ2n) is 5.52. The number of primary sulfonamides is 1. The average molecular weight is 382 g/mol. The summed E-state index contributed by atoms with van der Waals surface area (Å²) in [5.74, 6) is 0.592. The topological polar surface area (TPSA) is 92.9 Å². The Labute approximate surface area is 150 Å². The molecule has 0 aliphatic carbocycles. The Hall–Kier alpha value is -2.29. The Morgan fingerprint density at radius 2 is 1.84 bits per heavy atom. The Morgan fingerprint density at radius 3 is 2.40 bits per heavy atom. The third-order valence-corrected chi connectivity index (χ3v) is 5.13. The fourth-order valence-electron chi connectivity index (χ4n) is 2.61. The van der Waals surface area contributed by atoms with Crippen LogP contribution in [-0.2, 0) is 14.8 Å². The predicted octanol–water partition coefficient (Wildman–Crippen LogP) is 1.81. The molecule has 1 amide bonds. The van der Waals surface area contributed by atoms with Crippen LogP contribution in [0.2, 0.25) is 5.02 Å². The van der Waals surface area contributed by atoms with Crippen molar-refractivity contribution in [1.82, 2.24) is 0 Å². The van der Waals surface area contributed by atoms with Crippen LogP contribution >= 0.6 is 11.6 Å². The predicted molar refractivity (Wildman–Crippen MR) is 95.5 cm³/mol. The number of carbonyl (C=O) groups is 1. The molecule has 2 aromatic carbocycles. The van der Waals surface area contributed by atoms with Crippen molar-refractivity contribution in [3.8, 4) is 5.75 Å². The molecule has 0 saturated carbocycles. The number of halogens is 1. The third-order valence-electron chi connectivity index (χ3n) is 3.92. The molecule has 0 aromatic heterocycles. The van der Waals surface area contributed by atoms with Crippen LogP contribution in [0.4, 0.5) is 11.4 Å². The van der Waals surface area contributed by atoms with E-state index < -0.39 is 10.0 Å². The minimum Gasteiger partial charge on any atom is -0.497 e. The Balaban J connectivity index is 1.85. The van der Waals surface area contributed by atoms with E-state index in [1.165, 1.54) is 23.1 Å². The lowest BCUT2D eigenvalue weighted by Gasteiger charge is -2.21. The minimum atomic E-state index is -3.85. The molecule has 1 aliphatic rings. The molecule has 2 N–H and O–H groups in total. The van der Waals surface area contributed by atoms with Crippen molar-refractivity contribution in [2.45, 2.75) is 4.90 Å². The number of nitrogens with two attached hydrogens (primary N) is 1. The van der Waals surface area contributed by atoms with Gasteiger partial charge < -0.3 is 9.64 Å². The van der Waals surface area contributed by atoms with E-state index in [9.17, 15) is 13.2 Å². The van der Waals surface area contributed by atoms with Crippen LogP contribution in [0.3, 0.4) is 0 Å². The van der Waals surface area contributed by atoms with Crippen LogP contribution in [0.5, 0.6) is 5.75 Å². The highest BCUT2D eigenvalue weighted by Crippen LogP contribution is 2.32. The molecule has 1 aliphatic heterocycles. The standard InChI is InChI=1S/C16H16ClN3O4S/c1-24-12-4-2-11(3-5-12)19-9-16(21)20(10-19)15-7-6-13(8-14(15)17)25(18,22)23/h2-8H,9-10H2,1H3,(H2,18,22,23). The lowest BCUT2D eigenvalue weighted by molar-refractivity contribution is -0.115. The molecule has 1 heterocycles. The lowest BCUT2D eigenvalue weighted by atomic mass is 10.3. The number of hydrogen-bond donors (Lipinski definition) is 1. The summed E-state index contributed by atoms with van der Waals surface area (Å²) >= 11 is 6.17. The summed E-state index contributed by atoms with van der Waals surface area (Å²) in [7, 11) is -2.26. The Morgan fingerprint density at radius 1 is 1.16 bits per heavy atom. The molecular weight excluding hydrogens is 366 g/mol. The monoisotopic (exact) mass is 381 g/mol. The maximum atomic E-state index is 12.4. The number of carbonyl (C=O) groups excluding carboxylic acids is 1. The molecule has 25 heavy (non-hydrogen) atoms. The van der Waals surface area contributed by atoms with Crippen LogP contribution in [0, 0.1) is 0 Å². The molecule has 3 rings (SSSR count). The van der Waals surface area contributed by atoms with Gasteiger partial charge in [0, 0.05) is 5.69 Å². The van der Waals surface area contributed by atoms with E-state index in [2.05, 4.69) is 0 Å². The van der Waals surface area contributed by atoms with E-state index in [0.717, 1.165) is 11.4 Å². The number of rotatable bonds is 4. The first-order chi connectivity index (χ1) is 11.8. The van der Waals surface area contributed by atoms with Gasteiger partial charge in [-0.15, -0.1) is 0 Å². The largest absolute Gasteiger partial charge is 0.497 e. The molecule has 2 aromatic rings. The molecular formula is C16H16ClN3O4S. The lowest BCUT2D eigenvalue weighted by Crippen LogP contribution is -2.27. The molecule has 0 bridgehead atoms. The fraction of sp³-hybridized carbons (Fsp3) is 0.188. The molecule has 9 heteroatoms. The van der Waals surface area contributed by atoms with Crippen molar-refractivity contribution in [3.63, 3.8) is 0 Å². The molecule has 0 radical (unpaired) electrons. The third kappa shape index (κ3) is 3.55. The maximum absolute atomic E-state index is 12.4. The summed E-state index contributed by atoms with van der Waals surface area (Å²) in [4.78, 5) is 15.7. The van der Waals surface area contributed by atoms with E-state index in [0.29, 0.717) is 12.4 Å². The summed E-state index contributed by atoms with van der Waals surface area (Å²) in [6.07, 6.45) is 0. The van der Waals surface area contributed by atoms with E-state index in [-0.39, 0.29) is 22.4 Å². The number of anilines is 2. The smallest absolute Gasteiger partial charge is 0.248 e. The summed E-state index contributed by atoms with van der Waals surface area (Å²) in [6.45, 7) is 0.499. The molecule has 0 unspecified atom stereocenters. The van der Waals surface area contributed by atoms with E-state index in [4.69, 9.17) is 21.5 Å². The number of methoxy groups -OCH3 is 1. The van der Waals surface area contributed by atoms with Gasteiger partial charge in [0.25, 0.3) is 0 Å². The molecule has 1 fully saturated rings. The quantitative estimate of drug-likeness (QED) is 0.871. The zero-order valence-corrected chi connectivity index (χ0v) is 14.9. The number of amides is 1. The van der Waals surface area contributed by atoms with Crippen LogP contribution in [0.15, 0.2) is 47.4 Å². The first-order valence-electron chi connectivity index (χ1n) is 7.31. The van der Waals surface area contributed by atoms with Crippen molar-refractivity contribution in [1.29, 1.82) is 0 Å². The fourth-order valence-corrected chi connectivity index (χ4v) is 3.50. The van der Waals surface area contributed by atoms with Gasteiger partial charge in [0.2, 0.25) is 15.9 Å². The van der Waals surface area contributed by atoms with Crippen LogP contribution in [0.25, 0.3) is 0 Å². The number of sulfonamides is 1. The van der Waals surface area contributed by atoms with Gasteiger partial charge in [-0.1, -0.05) is 11.6 Å². The number of benzene rings is 2. The van der Waals surface area contributed by atoms with Crippen LogP contribution in [0.1, 0.15) is 0 Å². The van der Waals surface area contributed by atoms with Crippen LogP contribution in [-0.4, -0.2) is 34.6 Å². The van der Waals surface area contributed by atoms with Crippen molar-refractivity contribution < 1.29 is 17.9 Å². The van der Waals surface area contributed by atoms with Gasteiger partial charge in [0.1, 0.15) is 5.75 Å². The molecule has 1 saturated heterocycles. The number of hydrogen-bond acceptors (Lipinski definition) is 5. The summed E-state index contributed by atoms with van der Waals surface area (Å²) < 4.78 is 27.9. The van der Waals surface area contributed by atoms with Gasteiger partial charge in [-0.3, -0.25) is 9.69 Å². The highest BCUT2D eigenvalue weighted by atomic mass is 35.5. The second-order valence-corrected chi connectivity index (χ2v) is 7.49. The number of ether oxygens (including phenoxy) is 1. The van der Waals surface area contributed by atoms with E-state index in [1.54, 1.807) is 7.11 Å². The normalized spacial score (nSPS) is 14.9. The van der Waals surface area contributed by atoms with Crippen molar-refractivity contribution in [2.24, 2.45) is 5.14 Å². The Kier molecular flexibility index (Phi) is 4.59. The summed E-state index contributed by atoms with van der Waals surface area (Å²) in [5.41, 5.74) is 1.31. The van der Waals surface area contributed by atoms with Crippen molar-refractivity contribution in [3.05, 3.63) is 47.5 Å². The van der Waals surface area contributed by atoms with Gasteiger partial charge in [0.15, 0.2) is 0 Å². The minimum absolute atomic E-state index is 0.0973. The molecule has 0 spiro atoms.